The van der Waals surface area contributed by atoms with E-state index in [0.29, 0.717) is 4.91 Å². The van der Waals surface area contributed by atoms with Crippen molar-refractivity contribution in [1.29, 1.82) is 0 Å². The molecule has 0 aliphatic carbocycles. The second-order valence-corrected chi connectivity index (χ2v) is 5.49. The molecule has 0 bridgehead atoms. The van der Waals surface area contributed by atoms with Crippen LogP contribution in [0.3, 0.4) is 0 Å². The average molecular weight is 229 g/mol. The average Bonchev–Trinajstić information content (AvgIpc) is 2.56. The Kier molecular flexibility index (Phi) is 2.40. The van der Waals surface area contributed by atoms with Crippen LogP contribution >= 0.6 is 11.3 Å². The van der Waals surface area contributed by atoms with Crippen molar-refractivity contribution in [2.75, 3.05) is 0 Å². The minimum Gasteiger partial charge on any atom is -0.398 e. The van der Waals surface area contributed by atoms with Gasteiger partial charge in [-0.05, 0) is 27.7 Å². The maximum absolute atomic E-state index is 12.8. The predicted molar refractivity (Wildman–Crippen MR) is 57.8 cm³/mol. The second kappa shape index (κ2) is 3.27. The molecule has 1 saturated heterocycles. The molecule has 0 radical (unpaired) electrons. The van der Waals surface area contributed by atoms with Gasteiger partial charge < -0.3 is 9.31 Å². The highest BCUT2D eigenvalue weighted by atomic mass is 32.1. The first kappa shape index (κ1) is 11.0. The highest BCUT2D eigenvalue weighted by Crippen LogP contribution is 2.36. The zero-order valence-corrected chi connectivity index (χ0v) is 10.0. The lowest BCUT2D eigenvalue weighted by Crippen LogP contribution is -2.41. The maximum atomic E-state index is 12.8. The third-order valence-corrected chi connectivity index (χ3v) is 3.79. The topological polar surface area (TPSA) is 31.4 Å². The minimum absolute atomic E-state index is 0.403. The molecule has 0 atom stereocenters. The van der Waals surface area contributed by atoms with Crippen LogP contribution < -0.4 is 4.91 Å². The Labute approximate surface area is 92.8 Å². The number of halogens is 1. The van der Waals surface area contributed by atoms with Crippen molar-refractivity contribution in [1.82, 2.24) is 4.98 Å². The lowest BCUT2D eigenvalue weighted by atomic mass is 9.90. The van der Waals surface area contributed by atoms with E-state index >= 15 is 0 Å². The van der Waals surface area contributed by atoms with E-state index in [1.807, 2.05) is 27.7 Å². The Balaban J connectivity index is 2.23. The fourth-order valence-corrected chi connectivity index (χ4v) is 1.94. The molecule has 1 aliphatic heterocycles. The molecular formula is C9H13BFNO2S. The standard InChI is InChI=1S/C9H13BFNO2S/c1-8(2)9(3,4)14-10(13-8)7-12-6(11)5-15-7/h5H,1-4H3. The van der Waals surface area contributed by atoms with E-state index < -0.39 is 24.3 Å². The normalized spacial score (nSPS) is 23.4. The molecule has 82 valence electrons. The molecule has 0 spiro atoms. The Morgan fingerprint density at radius 1 is 1.27 bits per heavy atom. The second-order valence-electron chi connectivity index (χ2n) is 4.60. The smallest absolute Gasteiger partial charge is 0.398 e. The van der Waals surface area contributed by atoms with Crippen LogP contribution in [0.15, 0.2) is 5.38 Å². The maximum Gasteiger partial charge on any atom is 0.525 e. The quantitative estimate of drug-likeness (QED) is 0.685. The molecule has 2 heterocycles. The molecule has 1 aliphatic rings. The molecule has 2 rings (SSSR count). The first-order valence-corrected chi connectivity index (χ1v) is 5.66. The third kappa shape index (κ3) is 1.81. The van der Waals surface area contributed by atoms with E-state index in [4.69, 9.17) is 9.31 Å². The summed E-state index contributed by atoms with van der Waals surface area (Å²) in [5.41, 5.74) is -0.806. The summed E-state index contributed by atoms with van der Waals surface area (Å²) in [4.78, 5) is 4.26. The zero-order valence-electron chi connectivity index (χ0n) is 9.20. The summed E-state index contributed by atoms with van der Waals surface area (Å²) < 4.78 is 24.2. The van der Waals surface area contributed by atoms with Gasteiger partial charge in [0, 0.05) is 5.38 Å². The van der Waals surface area contributed by atoms with Gasteiger partial charge in [-0.2, -0.15) is 4.39 Å². The molecule has 0 N–H and O–H groups in total. The summed E-state index contributed by atoms with van der Waals surface area (Å²) >= 11 is 1.21. The number of thiazole rings is 1. The number of nitrogens with zero attached hydrogens (tertiary/aromatic N) is 1. The van der Waals surface area contributed by atoms with Crippen molar-refractivity contribution in [2.45, 2.75) is 38.9 Å². The molecule has 0 amide bonds. The van der Waals surface area contributed by atoms with Gasteiger partial charge in [0.1, 0.15) is 4.91 Å². The van der Waals surface area contributed by atoms with Crippen LogP contribution in [0.2, 0.25) is 0 Å². The summed E-state index contributed by atoms with van der Waals surface area (Å²) in [6.45, 7) is 7.82. The SMILES string of the molecule is CC1(C)OB(c2nc(F)cs2)OC1(C)C. The van der Waals surface area contributed by atoms with E-state index in [9.17, 15) is 4.39 Å². The van der Waals surface area contributed by atoms with E-state index in [0.717, 1.165) is 0 Å². The summed E-state index contributed by atoms with van der Waals surface area (Å²) in [6.07, 6.45) is 0. The third-order valence-electron chi connectivity index (χ3n) is 2.95. The molecule has 1 fully saturated rings. The summed E-state index contributed by atoms with van der Waals surface area (Å²) in [5, 5.41) is 1.35. The largest absolute Gasteiger partial charge is 0.525 e. The van der Waals surface area contributed by atoms with E-state index in [1.165, 1.54) is 16.7 Å². The number of hydrogen-bond acceptors (Lipinski definition) is 4. The summed E-state index contributed by atoms with van der Waals surface area (Å²) in [7, 11) is -0.551. The van der Waals surface area contributed by atoms with E-state index in [-0.39, 0.29) is 0 Å². The van der Waals surface area contributed by atoms with Crippen LogP contribution in [-0.4, -0.2) is 23.3 Å². The van der Waals surface area contributed by atoms with Gasteiger partial charge in [0.2, 0.25) is 5.95 Å². The molecule has 1 aromatic rings. The zero-order chi connectivity index (χ0) is 11.3. The first-order chi connectivity index (χ1) is 6.82. The minimum atomic E-state index is -0.551. The van der Waals surface area contributed by atoms with Crippen LogP contribution in [0.1, 0.15) is 27.7 Å². The van der Waals surface area contributed by atoms with E-state index in [2.05, 4.69) is 4.98 Å². The van der Waals surface area contributed by atoms with Crippen molar-refractivity contribution in [2.24, 2.45) is 0 Å². The van der Waals surface area contributed by atoms with Crippen LogP contribution in [0.5, 0.6) is 0 Å². The van der Waals surface area contributed by atoms with E-state index in [1.54, 1.807) is 0 Å². The van der Waals surface area contributed by atoms with Crippen molar-refractivity contribution >= 4 is 23.4 Å². The predicted octanol–water partition coefficient (Wildman–Crippen LogP) is 1.58. The number of rotatable bonds is 1. The first-order valence-electron chi connectivity index (χ1n) is 4.78. The van der Waals surface area contributed by atoms with Gasteiger partial charge in [0.15, 0.2) is 0 Å². The molecule has 0 saturated carbocycles. The van der Waals surface area contributed by atoms with Crippen molar-refractivity contribution in [3.63, 3.8) is 0 Å². The van der Waals surface area contributed by atoms with Crippen molar-refractivity contribution in [3.05, 3.63) is 11.3 Å². The van der Waals surface area contributed by atoms with Crippen LogP contribution in [0.4, 0.5) is 4.39 Å². The molecule has 15 heavy (non-hydrogen) atoms. The van der Waals surface area contributed by atoms with Gasteiger partial charge >= 0.3 is 7.12 Å². The van der Waals surface area contributed by atoms with Gasteiger partial charge in [-0.3, -0.25) is 0 Å². The fourth-order valence-electron chi connectivity index (χ4n) is 1.32. The highest BCUT2D eigenvalue weighted by Gasteiger charge is 2.52. The molecule has 1 aromatic heterocycles. The van der Waals surface area contributed by atoms with Crippen molar-refractivity contribution in [3.8, 4) is 0 Å². The van der Waals surface area contributed by atoms with Gasteiger partial charge in [-0.1, -0.05) is 0 Å². The Bertz CT molecular complexity index is 364. The monoisotopic (exact) mass is 229 g/mol. The van der Waals surface area contributed by atoms with Gasteiger partial charge in [0.05, 0.1) is 11.2 Å². The Hall–Kier alpha value is -0.455. The molecule has 0 unspecified atom stereocenters. The molecule has 6 heteroatoms. The fraction of sp³-hybridized carbons (Fsp3) is 0.667. The molecule has 3 nitrogen and oxygen atoms in total. The van der Waals surface area contributed by atoms with Crippen LogP contribution in [-0.2, 0) is 9.31 Å². The lowest BCUT2D eigenvalue weighted by Gasteiger charge is -2.32. The van der Waals surface area contributed by atoms with Gasteiger partial charge in [-0.25, -0.2) is 4.98 Å². The number of aromatic nitrogens is 1. The summed E-state index contributed by atoms with van der Waals surface area (Å²) in [6, 6.07) is 0. The van der Waals surface area contributed by atoms with Crippen molar-refractivity contribution < 1.29 is 13.7 Å². The number of hydrogen-bond donors (Lipinski definition) is 0. The summed E-state index contributed by atoms with van der Waals surface area (Å²) in [5.74, 6) is -0.482. The van der Waals surface area contributed by atoms with Crippen LogP contribution in [0, 0.1) is 5.95 Å². The highest BCUT2D eigenvalue weighted by molar-refractivity contribution is 7.20. The Morgan fingerprint density at radius 3 is 2.20 bits per heavy atom. The lowest BCUT2D eigenvalue weighted by molar-refractivity contribution is 0.00578. The molecular weight excluding hydrogens is 216 g/mol. The van der Waals surface area contributed by atoms with Gasteiger partial charge in [0.25, 0.3) is 0 Å². The molecule has 0 aromatic carbocycles. The Morgan fingerprint density at radius 2 is 1.80 bits per heavy atom. The van der Waals surface area contributed by atoms with Crippen LogP contribution in [0.25, 0.3) is 0 Å². The van der Waals surface area contributed by atoms with Gasteiger partial charge in [-0.15, -0.1) is 11.3 Å².